The number of halogens is 1. The van der Waals surface area contributed by atoms with Crippen LogP contribution in [0.15, 0.2) is 22.7 Å². The quantitative estimate of drug-likeness (QED) is 0.843. The zero-order valence-electron chi connectivity index (χ0n) is 9.26. The summed E-state index contributed by atoms with van der Waals surface area (Å²) in [4.78, 5) is 2.46. The lowest BCUT2D eigenvalue weighted by Crippen LogP contribution is -2.49. The van der Waals surface area contributed by atoms with Gasteiger partial charge >= 0.3 is 0 Å². The largest absolute Gasteiger partial charge is 0.366 e. The summed E-state index contributed by atoms with van der Waals surface area (Å²) < 4.78 is 1.20. The fraction of sp³-hybridized carbons (Fsp3) is 0.500. The lowest BCUT2D eigenvalue weighted by atomic mass is 10.1. The highest BCUT2D eigenvalue weighted by Gasteiger charge is 2.18. The van der Waals surface area contributed by atoms with Gasteiger partial charge in [0.25, 0.3) is 0 Å². The predicted octanol–water partition coefficient (Wildman–Crippen LogP) is 2.56. The number of piperazine rings is 1. The minimum atomic E-state index is 0.577. The van der Waals surface area contributed by atoms with Gasteiger partial charge in [-0.3, -0.25) is 0 Å². The van der Waals surface area contributed by atoms with E-state index in [4.69, 9.17) is 0 Å². The number of anilines is 1. The van der Waals surface area contributed by atoms with Gasteiger partial charge in [-0.15, -0.1) is 0 Å². The van der Waals surface area contributed by atoms with Crippen LogP contribution < -0.4 is 10.2 Å². The molecule has 1 atom stereocenters. The Balaban J connectivity index is 2.24. The first kappa shape index (κ1) is 11.0. The topological polar surface area (TPSA) is 15.3 Å². The van der Waals surface area contributed by atoms with E-state index in [0.29, 0.717) is 6.04 Å². The Hall–Kier alpha value is -0.540. The van der Waals surface area contributed by atoms with Gasteiger partial charge in [0.15, 0.2) is 0 Å². The third-order valence-electron chi connectivity index (χ3n) is 2.99. The third-order valence-corrected chi connectivity index (χ3v) is 3.84. The van der Waals surface area contributed by atoms with Gasteiger partial charge in [-0.1, -0.05) is 22.0 Å². The number of hydrogen-bond donors (Lipinski definition) is 1. The van der Waals surface area contributed by atoms with E-state index in [9.17, 15) is 0 Å². The first-order valence-corrected chi connectivity index (χ1v) is 6.21. The van der Waals surface area contributed by atoms with Gasteiger partial charge in [0, 0.05) is 35.8 Å². The van der Waals surface area contributed by atoms with E-state index in [1.165, 1.54) is 15.7 Å². The van der Waals surface area contributed by atoms with Gasteiger partial charge in [0.05, 0.1) is 0 Å². The molecule has 0 aromatic heterocycles. The normalized spacial score (nSPS) is 21.8. The van der Waals surface area contributed by atoms with Gasteiger partial charge in [0.2, 0.25) is 0 Å². The Bertz CT molecular complexity index is 351. The Kier molecular flexibility index (Phi) is 3.32. The molecule has 1 aliphatic rings. The third kappa shape index (κ3) is 2.34. The molecule has 0 bridgehead atoms. The van der Waals surface area contributed by atoms with Crippen LogP contribution in [0, 0.1) is 6.92 Å². The van der Waals surface area contributed by atoms with Crippen molar-refractivity contribution in [2.24, 2.45) is 0 Å². The summed E-state index contributed by atoms with van der Waals surface area (Å²) in [5.74, 6) is 0. The van der Waals surface area contributed by atoms with E-state index in [2.05, 4.69) is 58.2 Å². The van der Waals surface area contributed by atoms with Crippen LogP contribution in [-0.4, -0.2) is 25.7 Å². The Morgan fingerprint density at radius 1 is 1.47 bits per heavy atom. The number of nitrogens with zero attached hydrogens (tertiary/aromatic N) is 1. The number of rotatable bonds is 1. The van der Waals surface area contributed by atoms with Gasteiger partial charge in [-0.2, -0.15) is 0 Å². The molecule has 15 heavy (non-hydrogen) atoms. The van der Waals surface area contributed by atoms with Gasteiger partial charge in [0.1, 0.15) is 0 Å². The summed E-state index contributed by atoms with van der Waals surface area (Å²) in [7, 11) is 0. The maximum absolute atomic E-state index is 3.59. The monoisotopic (exact) mass is 268 g/mol. The SMILES string of the molecule is Cc1ccc(N2CCNCC2C)cc1Br. The average molecular weight is 269 g/mol. The van der Waals surface area contributed by atoms with Crippen LogP contribution in [0.3, 0.4) is 0 Å². The Morgan fingerprint density at radius 3 is 2.93 bits per heavy atom. The molecule has 2 nitrogen and oxygen atoms in total. The molecule has 1 saturated heterocycles. The second-order valence-corrected chi connectivity index (χ2v) is 5.03. The highest BCUT2D eigenvalue weighted by atomic mass is 79.9. The predicted molar refractivity (Wildman–Crippen MR) is 68.6 cm³/mol. The second-order valence-electron chi connectivity index (χ2n) is 4.18. The van der Waals surface area contributed by atoms with E-state index in [1.54, 1.807) is 0 Å². The van der Waals surface area contributed by atoms with Crippen molar-refractivity contribution in [1.29, 1.82) is 0 Å². The van der Waals surface area contributed by atoms with Gasteiger partial charge in [-0.05, 0) is 31.5 Å². The van der Waals surface area contributed by atoms with Crippen LogP contribution in [-0.2, 0) is 0 Å². The van der Waals surface area contributed by atoms with Crippen LogP contribution in [0.5, 0.6) is 0 Å². The molecular formula is C12H17BrN2. The summed E-state index contributed by atoms with van der Waals surface area (Å²) in [6.45, 7) is 7.63. The van der Waals surface area contributed by atoms with Gasteiger partial charge < -0.3 is 10.2 Å². The van der Waals surface area contributed by atoms with Crippen LogP contribution >= 0.6 is 15.9 Å². The second kappa shape index (κ2) is 4.54. The van der Waals surface area contributed by atoms with Crippen LogP contribution in [0.1, 0.15) is 12.5 Å². The summed E-state index contributed by atoms with van der Waals surface area (Å²) in [5.41, 5.74) is 2.61. The van der Waals surface area contributed by atoms with E-state index in [1.807, 2.05) is 0 Å². The molecule has 1 fully saturated rings. The van der Waals surface area contributed by atoms with Crippen LogP contribution in [0.2, 0.25) is 0 Å². The first-order chi connectivity index (χ1) is 7.18. The maximum Gasteiger partial charge on any atom is 0.0386 e. The van der Waals surface area contributed by atoms with Crippen molar-refractivity contribution in [2.45, 2.75) is 19.9 Å². The Morgan fingerprint density at radius 2 is 2.27 bits per heavy atom. The first-order valence-electron chi connectivity index (χ1n) is 5.42. The number of hydrogen-bond acceptors (Lipinski definition) is 2. The summed E-state index contributed by atoms with van der Waals surface area (Å²) in [6, 6.07) is 7.18. The molecule has 0 amide bonds. The number of nitrogens with one attached hydrogen (secondary N) is 1. The molecule has 2 rings (SSSR count). The van der Waals surface area contributed by atoms with Crippen molar-refractivity contribution in [3.63, 3.8) is 0 Å². The molecule has 0 radical (unpaired) electrons. The highest BCUT2D eigenvalue weighted by molar-refractivity contribution is 9.10. The molecule has 1 N–H and O–H groups in total. The molecule has 1 unspecified atom stereocenters. The fourth-order valence-corrected chi connectivity index (χ4v) is 2.35. The zero-order valence-corrected chi connectivity index (χ0v) is 10.8. The molecule has 82 valence electrons. The molecule has 1 aromatic carbocycles. The summed E-state index contributed by atoms with van der Waals surface area (Å²) in [6.07, 6.45) is 0. The average Bonchev–Trinajstić information content (AvgIpc) is 2.23. The van der Waals surface area contributed by atoms with Gasteiger partial charge in [-0.25, -0.2) is 0 Å². The van der Waals surface area contributed by atoms with Crippen LogP contribution in [0.25, 0.3) is 0 Å². The minimum Gasteiger partial charge on any atom is -0.366 e. The molecular weight excluding hydrogens is 252 g/mol. The molecule has 1 heterocycles. The minimum absolute atomic E-state index is 0.577. The molecule has 0 spiro atoms. The van der Waals surface area contributed by atoms with Crippen molar-refractivity contribution in [3.05, 3.63) is 28.2 Å². The summed E-state index contributed by atoms with van der Waals surface area (Å²) >= 11 is 3.59. The number of aryl methyl sites for hydroxylation is 1. The smallest absolute Gasteiger partial charge is 0.0386 e. The van der Waals surface area contributed by atoms with E-state index in [0.717, 1.165) is 19.6 Å². The molecule has 1 aliphatic heterocycles. The van der Waals surface area contributed by atoms with Crippen LogP contribution in [0.4, 0.5) is 5.69 Å². The van der Waals surface area contributed by atoms with Crippen molar-refractivity contribution in [1.82, 2.24) is 5.32 Å². The molecule has 0 saturated carbocycles. The Labute approximate surface area is 99.8 Å². The zero-order chi connectivity index (χ0) is 10.8. The molecule has 0 aliphatic carbocycles. The van der Waals surface area contributed by atoms with Crippen molar-refractivity contribution in [2.75, 3.05) is 24.5 Å². The maximum atomic E-state index is 3.59. The number of benzene rings is 1. The van der Waals surface area contributed by atoms with E-state index in [-0.39, 0.29) is 0 Å². The highest BCUT2D eigenvalue weighted by Crippen LogP contribution is 2.25. The van der Waals surface area contributed by atoms with Crippen molar-refractivity contribution in [3.8, 4) is 0 Å². The molecule has 1 aromatic rings. The lowest BCUT2D eigenvalue weighted by Gasteiger charge is -2.36. The summed E-state index contributed by atoms with van der Waals surface area (Å²) in [5, 5.41) is 3.41. The standard InChI is InChI=1S/C12H17BrN2/c1-9-3-4-11(7-12(9)13)15-6-5-14-8-10(15)2/h3-4,7,10,14H,5-6,8H2,1-2H3. The fourth-order valence-electron chi connectivity index (χ4n) is 1.99. The van der Waals surface area contributed by atoms with Crippen molar-refractivity contribution >= 4 is 21.6 Å². The van der Waals surface area contributed by atoms with Crippen molar-refractivity contribution < 1.29 is 0 Å². The van der Waals surface area contributed by atoms with E-state index >= 15 is 0 Å². The van der Waals surface area contributed by atoms with E-state index < -0.39 is 0 Å². The molecule has 3 heteroatoms. The lowest BCUT2D eigenvalue weighted by molar-refractivity contribution is 0.501.